The van der Waals surface area contributed by atoms with Gasteiger partial charge in [0.1, 0.15) is 18.1 Å². The summed E-state index contributed by atoms with van der Waals surface area (Å²) in [4.78, 5) is 0. The van der Waals surface area contributed by atoms with E-state index in [0.717, 1.165) is 29.8 Å². The van der Waals surface area contributed by atoms with Crippen molar-refractivity contribution in [2.45, 2.75) is 12.5 Å². The van der Waals surface area contributed by atoms with Crippen molar-refractivity contribution in [2.24, 2.45) is 0 Å². The Morgan fingerprint density at radius 2 is 2.07 bits per heavy atom. The minimum Gasteiger partial charge on any atom is -0.367 e. The first-order valence-electron chi connectivity index (χ1n) is 5.05. The number of rotatable bonds is 1. The Balaban J connectivity index is 2.03. The molecule has 1 aliphatic heterocycles. The minimum atomic E-state index is -0.0614. The van der Waals surface area contributed by atoms with Crippen molar-refractivity contribution < 1.29 is 9.26 Å². The molecule has 0 saturated heterocycles. The summed E-state index contributed by atoms with van der Waals surface area (Å²) < 4.78 is 10.7. The smallest absolute Gasteiger partial charge is 0.128 e. The molecule has 3 nitrogen and oxygen atoms in total. The molecule has 3 rings (SSSR count). The minimum absolute atomic E-state index is 0.0614. The maximum atomic E-state index is 5.73. The van der Waals surface area contributed by atoms with Crippen LogP contribution in [0.25, 0.3) is 0 Å². The van der Waals surface area contributed by atoms with Gasteiger partial charge in [-0.25, -0.2) is 0 Å². The molecule has 0 radical (unpaired) electrons. The van der Waals surface area contributed by atoms with Crippen LogP contribution in [0.1, 0.15) is 22.9 Å². The van der Waals surface area contributed by atoms with Crippen molar-refractivity contribution in [3.63, 3.8) is 0 Å². The van der Waals surface area contributed by atoms with E-state index in [1.54, 1.807) is 6.26 Å². The van der Waals surface area contributed by atoms with Gasteiger partial charge in [0.2, 0.25) is 0 Å². The monoisotopic (exact) mass is 201 g/mol. The fourth-order valence-electron chi connectivity index (χ4n) is 1.92. The molecule has 0 spiro atoms. The van der Waals surface area contributed by atoms with Gasteiger partial charge in [-0.15, -0.1) is 0 Å². The number of benzene rings is 1. The molecule has 0 bridgehead atoms. The standard InChI is InChI=1S/C12H11NO2/c1-2-4-9(5-3-1)12-11-10(6-7-14-12)8-15-13-11/h1-5,8,12H,6-7H2/t12-/m0/s1. The SMILES string of the molecule is c1ccc([C@@H]2OCCc3conc32)cc1. The normalized spacial score (nSPS) is 19.9. The van der Waals surface area contributed by atoms with Gasteiger partial charge in [-0.05, 0) is 5.56 Å². The lowest BCUT2D eigenvalue weighted by Crippen LogP contribution is -2.16. The van der Waals surface area contributed by atoms with Gasteiger partial charge in [0.15, 0.2) is 0 Å². The Morgan fingerprint density at radius 1 is 1.20 bits per heavy atom. The Bertz CT molecular complexity index is 450. The van der Waals surface area contributed by atoms with Gasteiger partial charge in [-0.2, -0.15) is 0 Å². The number of nitrogens with zero attached hydrogens (tertiary/aromatic N) is 1. The maximum absolute atomic E-state index is 5.73. The Hall–Kier alpha value is -1.61. The van der Waals surface area contributed by atoms with Gasteiger partial charge in [-0.1, -0.05) is 35.5 Å². The average Bonchev–Trinajstić information content (AvgIpc) is 2.78. The zero-order chi connectivity index (χ0) is 10.1. The van der Waals surface area contributed by atoms with Gasteiger partial charge >= 0.3 is 0 Å². The highest BCUT2D eigenvalue weighted by molar-refractivity contribution is 5.30. The first-order chi connectivity index (χ1) is 7.45. The molecule has 2 aromatic rings. The molecule has 0 saturated carbocycles. The summed E-state index contributed by atoms with van der Waals surface area (Å²) in [5.74, 6) is 0. The molecule has 1 aromatic carbocycles. The molecule has 2 heterocycles. The van der Waals surface area contributed by atoms with Crippen LogP contribution < -0.4 is 0 Å². The molecular weight excluding hydrogens is 190 g/mol. The summed E-state index contributed by atoms with van der Waals surface area (Å²) in [7, 11) is 0. The van der Waals surface area contributed by atoms with Crippen LogP contribution in [0.3, 0.4) is 0 Å². The van der Waals surface area contributed by atoms with E-state index in [0.29, 0.717) is 0 Å². The second kappa shape index (κ2) is 3.51. The van der Waals surface area contributed by atoms with Crippen molar-refractivity contribution in [3.05, 3.63) is 53.4 Å². The number of hydrogen-bond donors (Lipinski definition) is 0. The third kappa shape index (κ3) is 1.45. The summed E-state index contributed by atoms with van der Waals surface area (Å²) >= 11 is 0. The fourth-order valence-corrected chi connectivity index (χ4v) is 1.92. The highest BCUT2D eigenvalue weighted by Gasteiger charge is 2.25. The van der Waals surface area contributed by atoms with Crippen molar-refractivity contribution in [1.82, 2.24) is 5.16 Å². The second-order valence-corrected chi connectivity index (χ2v) is 3.64. The van der Waals surface area contributed by atoms with Crippen molar-refractivity contribution in [3.8, 4) is 0 Å². The van der Waals surface area contributed by atoms with E-state index >= 15 is 0 Å². The number of hydrogen-bond acceptors (Lipinski definition) is 3. The molecule has 0 aliphatic carbocycles. The molecule has 0 fully saturated rings. The number of ether oxygens (including phenoxy) is 1. The second-order valence-electron chi connectivity index (χ2n) is 3.64. The van der Waals surface area contributed by atoms with Crippen LogP contribution in [0, 0.1) is 0 Å². The van der Waals surface area contributed by atoms with E-state index in [1.165, 1.54) is 0 Å². The predicted molar refractivity (Wildman–Crippen MR) is 54.4 cm³/mol. The van der Waals surface area contributed by atoms with Crippen molar-refractivity contribution >= 4 is 0 Å². The van der Waals surface area contributed by atoms with Gasteiger partial charge in [0, 0.05) is 12.0 Å². The lowest BCUT2D eigenvalue weighted by molar-refractivity contribution is 0.0657. The first-order valence-corrected chi connectivity index (χ1v) is 5.05. The van der Waals surface area contributed by atoms with Crippen LogP contribution in [0.2, 0.25) is 0 Å². The van der Waals surface area contributed by atoms with Crippen LogP contribution in [0.15, 0.2) is 41.1 Å². The molecule has 1 aromatic heterocycles. The van der Waals surface area contributed by atoms with Gasteiger partial charge < -0.3 is 9.26 Å². The Labute approximate surface area is 87.7 Å². The highest BCUT2D eigenvalue weighted by atomic mass is 16.5. The third-order valence-electron chi connectivity index (χ3n) is 2.68. The molecule has 3 heteroatoms. The molecule has 76 valence electrons. The maximum Gasteiger partial charge on any atom is 0.128 e. The summed E-state index contributed by atoms with van der Waals surface area (Å²) in [5.41, 5.74) is 3.22. The van der Waals surface area contributed by atoms with Gasteiger partial charge in [0.05, 0.1) is 6.61 Å². The zero-order valence-corrected chi connectivity index (χ0v) is 8.22. The third-order valence-corrected chi connectivity index (χ3v) is 2.68. The van der Waals surface area contributed by atoms with Crippen molar-refractivity contribution in [1.29, 1.82) is 0 Å². The largest absolute Gasteiger partial charge is 0.367 e. The van der Waals surface area contributed by atoms with E-state index in [4.69, 9.17) is 9.26 Å². The van der Waals surface area contributed by atoms with E-state index < -0.39 is 0 Å². The van der Waals surface area contributed by atoms with Gasteiger partial charge in [-0.3, -0.25) is 0 Å². The molecule has 0 N–H and O–H groups in total. The van der Waals surface area contributed by atoms with E-state index in [9.17, 15) is 0 Å². The van der Waals surface area contributed by atoms with Crippen LogP contribution in [-0.4, -0.2) is 11.8 Å². The van der Waals surface area contributed by atoms with Crippen LogP contribution in [0.4, 0.5) is 0 Å². The summed E-state index contributed by atoms with van der Waals surface area (Å²) in [6.45, 7) is 0.730. The molecule has 1 aliphatic rings. The number of fused-ring (bicyclic) bond motifs is 1. The van der Waals surface area contributed by atoms with Crippen molar-refractivity contribution in [2.75, 3.05) is 6.61 Å². The van der Waals surface area contributed by atoms with E-state index in [-0.39, 0.29) is 6.10 Å². The van der Waals surface area contributed by atoms with Crippen LogP contribution in [-0.2, 0) is 11.2 Å². The molecule has 15 heavy (non-hydrogen) atoms. The fraction of sp³-hybridized carbons (Fsp3) is 0.250. The van der Waals surface area contributed by atoms with E-state index in [1.807, 2.05) is 18.2 Å². The summed E-state index contributed by atoms with van der Waals surface area (Å²) in [5, 5.41) is 4.01. The molecule has 1 atom stereocenters. The zero-order valence-electron chi connectivity index (χ0n) is 8.22. The average molecular weight is 201 g/mol. The summed E-state index contributed by atoms with van der Waals surface area (Å²) in [6, 6.07) is 10.1. The van der Waals surface area contributed by atoms with Crippen LogP contribution >= 0.6 is 0 Å². The first kappa shape index (κ1) is 8.68. The summed E-state index contributed by atoms with van der Waals surface area (Å²) in [6.07, 6.45) is 2.55. The highest BCUT2D eigenvalue weighted by Crippen LogP contribution is 2.31. The molecule has 0 unspecified atom stereocenters. The lowest BCUT2D eigenvalue weighted by Gasteiger charge is -2.21. The predicted octanol–water partition coefficient (Wildman–Crippen LogP) is 2.34. The molecule has 0 amide bonds. The molecular formula is C12H11NO2. The van der Waals surface area contributed by atoms with E-state index in [2.05, 4.69) is 17.3 Å². The van der Waals surface area contributed by atoms with Crippen LogP contribution in [0.5, 0.6) is 0 Å². The lowest BCUT2D eigenvalue weighted by atomic mass is 10.0. The quantitative estimate of drug-likeness (QED) is 0.710. The Morgan fingerprint density at radius 3 is 2.93 bits per heavy atom. The Kier molecular flexibility index (Phi) is 2.03. The topological polar surface area (TPSA) is 35.3 Å². The number of aromatic nitrogens is 1. The van der Waals surface area contributed by atoms with Gasteiger partial charge in [0.25, 0.3) is 0 Å².